The molecule has 1 aromatic carbocycles. The van der Waals surface area contributed by atoms with E-state index in [1.807, 2.05) is 0 Å². The fourth-order valence-electron chi connectivity index (χ4n) is 1.95. The predicted octanol–water partition coefficient (Wildman–Crippen LogP) is 2.21. The van der Waals surface area contributed by atoms with Gasteiger partial charge in [-0.2, -0.15) is 0 Å². The quantitative estimate of drug-likeness (QED) is 0.415. The summed E-state index contributed by atoms with van der Waals surface area (Å²) in [6.45, 7) is 5.57. The average molecular weight is 373 g/mol. The van der Waals surface area contributed by atoms with Crippen LogP contribution in [0.4, 0.5) is 11.4 Å². The molecule has 0 bridgehead atoms. The second-order valence-corrected chi connectivity index (χ2v) is 3.80. The number of fused-ring (bicyclic) bond motifs is 1. The Bertz CT molecular complexity index is 327. The van der Waals surface area contributed by atoms with Crippen molar-refractivity contribution in [1.29, 1.82) is 0 Å². The molecule has 0 saturated carbocycles. The molecule has 3 heteroatoms. The molecule has 0 aromatic heterocycles. The summed E-state index contributed by atoms with van der Waals surface area (Å²) >= 11 is 0. The first-order chi connectivity index (χ1) is 6.17. The molecule has 0 fully saturated rings. The second kappa shape index (κ2) is 4.07. The number of benzene rings is 1. The summed E-state index contributed by atoms with van der Waals surface area (Å²) in [5, 5.41) is 0. The molecule has 0 N–H and O–H groups in total. The number of nitrogens with zero attached hydrogens (tertiary/aromatic N) is 2. The molecule has 1 aliphatic rings. The summed E-state index contributed by atoms with van der Waals surface area (Å²) in [5.41, 5.74) is 2.72. The Balaban J connectivity index is 0.000000980. The van der Waals surface area contributed by atoms with E-state index >= 15 is 0 Å². The van der Waals surface area contributed by atoms with Crippen molar-refractivity contribution in [3.63, 3.8) is 0 Å². The van der Waals surface area contributed by atoms with Crippen LogP contribution in [0.3, 0.4) is 0 Å². The predicted molar refractivity (Wildman–Crippen MR) is 57.4 cm³/mol. The molecule has 1 unspecified atom stereocenters. The van der Waals surface area contributed by atoms with Crippen LogP contribution in [0.2, 0.25) is 0 Å². The fraction of sp³-hybridized carbons (Fsp3) is 0.364. The molecule has 2 nitrogen and oxygen atoms in total. The van der Waals surface area contributed by atoms with Crippen LogP contribution in [0.1, 0.15) is 6.92 Å². The SMILES string of the molecule is CC[N+]1(C)[CH-]N(C)c2ccccc21.[Au+]. The Labute approximate surface area is 102 Å². The van der Waals surface area contributed by atoms with Gasteiger partial charge >= 0.3 is 22.4 Å². The van der Waals surface area contributed by atoms with E-state index in [1.165, 1.54) is 11.4 Å². The standard InChI is InChI=1S/C11H16N2.Au/c1-4-13(3)9-12(2)10-7-5-6-8-11(10)13;/h5-9H,4H2,1-3H3;/q;+1. The van der Waals surface area contributed by atoms with Crippen LogP contribution in [-0.4, -0.2) is 20.6 Å². The Kier molecular flexibility index (Phi) is 3.43. The van der Waals surface area contributed by atoms with E-state index in [2.05, 4.69) is 56.9 Å². The van der Waals surface area contributed by atoms with Gasteiger partial charge in [-0.3, -0.25) is 0 Å². The Morgan fingerprint density at radius 3 is 2.64 bits per heavy atom. The first-order valence-corrected chi connectivity index (χ1v) is 4.71. The average Bonchev–Trinajstić information content (AvgIpc) is 2.42. The van der Waals surface area contributed by atoms with E-state index in [4.69, 9.17) is 0 Å². The van der Waals surface area contributed by atoms with Crippen LogP contribution in [0, 0.1) is 6.67 Å². The van der Waals surface area contributed by atoms with Crippen LogP contribution in [0.5, 0.6) is 0 Å². The topological polar surface area (TPSA) is 3.24 Å². The third kappa shape index (κ3) is 1.63. The zero-order valence-corrected chi connectivity index (χ0v) is 11.0. The summed E-state index contributed by atoms with van der Waals surface area (Å²) in [5.74, 6) is 0. The van der Waals surface area contributed by atoms with Crippen molar-refractivity contribution < 1.29 is 22.4 Å². The summed E-state index contributed by atoms with van der Waals surface area (Å²) in [7, 11) is 4.35. The summed E-state index contributed by atoms with van der Waals surface area (Å²) < 4.78 is 0.909. The molecule has 0 aliphatic carbocycles. The Hall–Kier alpha value is -0.280. The molecular formula is C11H16AuN2+. The van der Waals surface area contributed by atoms with Crippen LogP contribution >= 0.6 is 0 Å². The number of quaternary nitrogens is 1. The van der Waals surface area contributed by atoms with Crippen molar-refractivity contribution in [1.82, 2.24) is 4.48 Å². The summed E-state index contributed by atoms with van der Waals surface area (Å²) in [4.78, 5) is 2.21. The van der Waals surface area contributed by atoms with Gasteiger partial charge in [0.1, 0.15) is 5.69 Å². The van der Waals surface area contributed by atoms with E-state index < -0.39 is 0 Å². The zero-order chi connectivity index (χ0) is 9.47. The van der Waals surface area contributed by atoms with E-state index in [-0.39, 0.29) is 22.4 Å². The first-order valence-electron chi connectivity index (χ1n) is 4.71. The van der Waals surface area contributed by atoms with Gasteiger partial charge in [0.15, 0.2) is 0 Å². The number of para-hydroxylation sites is 2. The Morgan fingerprint density at radius 2 is 2.00 bits per heavy atom. The van der Waals surface area contributed by atoms with Gasteiger partial charge in [-0.05, 0) is 32.8 Å². The molecule has 14 heavy (non-hydrogen) atoms. The van der Waals surface area contributed by atoms with Crippen LogP contribution in [-0.2, 0) is 22.4 Å². The van der Waals surface area contributed by atoms with Crippen LogP contribution in [0.25, 0.3) is 0 Å². The van der Waals surface area contributed by atoms with Crippen molar-refractivity contribution >= 4 is 11.4 Å². The van der Waals surface area contributed by atoms with Gasteiger partial charge in [0.05, 0.1) is 12.2 Å². The largest absolute Gasteiger partial charge is 1.00 e. The summed E-state index contributed by atoms with van der Waals surface area (Å²) in [6.07, 6.45) is 0. The fourth-order valence-corrected chi connectivity index (χ4v) is 1.95. The number of hydrogen-bond donors (Lipinski definition) is 0. The molecule has 0 radical (unpaired) electrons. The maximum Gasteiger partial charge on any atom is 1.00 e. The molecule has 1 heterocycles. The molecule has 2 rings (SSSR count). The number of rotatable bonds is 1. The molecule has 80 valence electrons. The summed E-state index contributed by atoms with van der Waals surface area (Å²) in [6, 6.07) is 8.58. The minimum atomic E-state index is 0. The molecule has 1 atom stereocenters. The van der Waals surface area contributed by atoms with E-state index in [0.29, 0.717) is 0 Å². The van der Waals surface area contributed by atoms with Gasteiger partial charge in [-0.1, -0.05) is 12.1 Å². The van der Waals surface area contributed by atoms with E-state index in [0.717, 1.165) is 11.0 Å². The molecule has 0 spiro atoms. The number of anilines is 1. The third-order valence-corrected chi connectivity index (χ3v) is 2.90. The van der Waals surface area contributed by atoms with E-state index in [9.17, 15) is 0 Å². The van der Waals surface area contributed by atoms with Crippen molar-refractivity contribution in [2.75, 3.05) is 25.5 Å². The normalized spacial score (nSPS) is 24.4. The van der Waals surface area contributed by atoms with Crippen LogP contribution in [0.15, 0.2) is 24.3 Å². The van der Waals surface area contributed by atoms with Crippen molar-refractivity contribution in [3.05, 3.63) is 30.9 Å². The van der Waals surface area contributed by atoms with Crippen molar-refractivity contribution in [3.8, 4) is 0 Å². The maximum absolute atomic E-state index is 2.25. The van der Waals surface area contributed by atoms with Gasteiger partial charge in [-0.25, -0.2) is 0 Å². The molecular weight excluding hydrogens is 357 g/mol. The Morgan fingerprint density at radius 1 is 1.36 bits per heavy atom. The van der Waals surface area contributed by atoms with E-state index in [1.54, 1.807) is 0 Å². The molecule has 1 aromatic rings. The van der Waals surface area contributed by atoms with Crippen molar-refractivity contribution in [2.45, 2.75) is 6.92 Å². The molecule has 1 aliphatic heterocycles. The van der Waals surface area contributed by atoms with Gasteiger partial charge in [-0.15, -0.1) is 0 Å². The monoisotopic (exact) mass is 373 g/mol. The number of hydrogen-bond acceptors (Lipinski definition) is 1. The zero-order valence-electron chi connectivity index (χ0n) is 8.79. The first kappa shape index (κ1) is 11.8. The van der Waals surface area contributed by atoms with Crippen molar-refractivity contribution in [2.24, 2.45) is 0 Å². The minimum Gasteiger partial charge on any atom is -0.467 e. The molecule has 0 saturated heterocycles. The van der Waals surface area contributed by atoms with Gasteiger partial charge in [0, 0.05) is 7.05 Å². The second-order valence-electron chi connectivity index (χ2n) is 3.80. The molecule has 0 amide bonds. The van der Waals surface area contributed by atoms with Gasteiger partial charge in [0.25, 0.3) is 0 Å². The van der Waals surface area contributed by atoms with Crippen LogP contribution < -0.4 is 9.38 Å². The smallest absolute Gasteiger partial charge is 0.467 e. The third-order valence-electron chi connectivity index (χ3n) is 2.90. The maximum atomic E-state index is 2.25. The van der Waals surface area contributed by atoms with Gasteiger partial charge in [0.2, 0.25) is 0 Å². The van der Waals surface area contributed by atoms with Gasteiger partial charge < -0.3 is 9.38 Å². The minimum absolute atomic E-state index is 0.